The molecular weight excluding hydrogens is 284 g/mol. The molecule has 1 aromatic carbocycles. The van der Waals surface area contributed by atoms with Crippen molar-refractivity contribution in [1.29, 1.82) is 0 Å². The van der Waals surface area contributed by atoms with E-state index in [1.54, 1.807) is 0 Å². The summed E-state index contributed by atoms with van der Waals surface area (Å²) in [6.07, 6.45) is 4.75. The lowest BCUT2D eigenvalue weighted by Crippen LogP contribution is -2.36. The standard InChI is InChI=1S/C16H22N2O4/c19-15(20)9-10-17-16(21)18-11-12-5-1-4-8-14(12)22-13-6-2-3-7-13/h1,4-5,8,13H,2-3,6-7,9-11H2,(H,19,20)(H2,17,18,21). The molecule has 6 heteroatoms. The van der Waals surface area contributed by atoms with Gasteiger partial charge in [-0.3, -0.25) is 4.79 Å². The molecule has 3 N–H and O–H groups in total. The largest absolute Gasteiger partial charge is 0.490 e. The average Bonchev–Trinajstić information content (AvgIpc) is 2.99. The quantitative estimate of drug-likeness (QED) is 0.721. The van der Waals surface area contributed by atoms with E-state index in [9.17, 15) is 9.59 Å². The number of ether oxygens (including phenoxy) is 1. The van der Waals surface area contributed by atoms with Crippen molar-refractivity contribution in [3.05, 3.63) is 29.8 Å². The molecule has 0 unspecified atom stereocenters. The smallest absolute Gasteiger partial charge is 0.315 e. The van der Waals surface area contributed by atoms with Gasteiger partial charge in [0, 0.05) is 18.7 Å². The van der Waals surface area contributed by atoms with Crippen LogP contribution < -0.4 is 15.4 Å². The Bertz CT molecular complexity index is 513. The van der Waals surface area contributed by atoms with Gasteiger partial charge in [0.15, 0.2) is 0 Å². The molecule has 0 saturated heterocycles. The van der Waals surface area contributed by atoms with Crippen LogP contribution in [0.3, 0.4) is 0 Å². The zero-order valence-electron chi connectivity index (χ0n) is 12.5. The summed E-state index contributed by atoms with van der Waals surface area (Å²) in [4.78, 5) is 22.0. The fraction of sp³-hybridized carbons (Fsp3) is 0.500. The summed E-state index contributed by atoms with van der Waals surface area (Å²) in [6.45, 7) is 0.461. The average molecular weight is 306 g/mol. The molecule has 1 aliphatic rings. The molecule has 1 aliphatic carbocycles. The molecule has 22 heavy (non-hydrogen) atoms. The fourth-order valence-corrected chi connectivity index (χ4v) is 2.47. The number of urea groups is 1. The van der Waals surface area contributed by atoms with E-state index in [4.69, 9.17) is 9.84 Å². The van der Waals surface area contributed by atoms with Gasteiger partial charge >= 0.3 is 12.0 Å². The Morgan fingerprint density at radius 3 is 2.64 bits per heavy atom. The van der Waals surface area contributed by atoms with Crippen molar-refractivity contribution >= 4 is 12.0 Å². The van der Waals surface area contributed by atoms with E-state index >= 15 is 0 Å². The molecule has 2 amide bonds. The number of aliphatic carboxylic acids is 1. The zero-order chi connectivity index (χ0) is 15.8. The number of hydrogen-bond acceptors (Lipinski definition) is 3. The number of rotatable bonds is 7. The first kappa shape index (κ1) is 16.1. The lowest BCUT2D eigenvalue weighted by Gasteiger charge is -2.16. The first-order valence-corrected chi connectivity index (χ1v) is 7.63. The topological polar surface area (TPSA) is 87.7 Å². The summed E-state index contributed by atoms with van der Waals surface area (Å²) in [7, 11) is 0. The van der Waals surface area contributed by atoms with E-state index in [1.165, 1.54) is 12.8 Å². The monoisotopic (exact) mass is 306 g/mol. The molecule has 1 fully saturated rings. The number of amides is 2. The van der Waals surface area contributed by atoms with Crippen LogP contribution in [0.5, 0.6) is 5.75 Å². The lowest BCUT2D eigenvalue weighted by molar-refractivity contribution is -0.136. The van der Waals surface area contributed by atoms with Crippen molar-refractivity contribution in [1.82, 2.24) is 10.6 Å². The SMILES string of the molecule is O=C(O)CCNC(=O)NCc1ccccc1OC1CCCC1. The van der Waals surface area contributed by atoms with Crippen LogP contribution in [0.4, 0.5) is 4.79 Å². The van der Waals surface area contributed by atoms with Crippen molar-refractivity contribution in [2.24, 2.45) is 0 Å². The molecule has 0 atom stereocenters. The van der Waals surface area contributed by atoms with Gasteiger partial charge in [-0.25, -0.2) is 4.79 Å². The summed E-state index contributed by atoms with van der Waals surface area (Å²) in [6, 6.07) is 7.28. The van der Waals surface area contributed by atoms with Gasteiger partial charge in [0.05, 0.1) is 12.5 Å². The van der Waals surface area contributed by atoms with E-state index < -0.39 is 5.97 Å². The number of hydrogen-bond donors (Lipinski definition) is 3. The molecule has 1 aromatic rings. The number of nitrogens with one attached hydrogen (secondary N) is 2. The minimum Gasteiger partial charge on any atom is -0.490 e. The van der Waals surface area contributed by atoms with E-state index in [1.807, 2.05) is 24.3 Å². The number of carbonyl (C=O) groups is 2. The highest BCUT2D eigenvalue weighted by Crippen LogP contribution is 2.26. The minimum absolute atomic E-state index is 0.0885. The summed E-state index contributed by atoms with van der Waals surface area (Å²) in [5.41, 5.74) is 0.919. The highest BCUT2D eigenvalue weighted by Gasteiger charge is 2.17. The van der Waals surface area contributed by atoms with Crippen LogP contribution in [0.15, 0.2) is 24.3 Å². The zero-order valence-corrected chi connectivity index (χ0v) is 12.5. The minimum atomic E-state index is -0.935. The van der Waals surface area contributed by atoms with Crippen LogP contribution in [-0.4, -0.2) is 29.8 Å². The maximum atomic E-state index is 11.6. The van der Waals surface area contributed by atoms with Crippen molar-refractivity contribution in [3.63, 3.8) is 0 Å². The molecule has 0 bridgehead atoms. The van der Waals surface area contributed by atoms with Crippen molar-refractivity contribution in [2.75, 3.05) is 6.54 Å². The van der Waals surface area contributed by atoms with E-state index in [-0.39, 0.29) is 25.1 Å². The normalized spacial score (nSPS) is 14.5. The molecule has 0 aliphatic heterocycles. The van der Waals surface area contributed by atoms with E-state index in [2.05, 4.69) is 10.6 Å². The Kier molecular flexibility index (Phi) is 6.06. The summed E-state index contributed by atoms with van der Waals surface area (Å²) < 4.78 is 6.00. The molecule has 0 radical (unpaired) electrons. The highest BCUT2D eigenvalue weighted by molar-refractivity contribution is 5.75. The van der Waals surface area contributed by atoms with Gasteiger partial charge in [0.1, 0.15) is 5.75 Å². The molecule has 1 saturated carbocycles. The molecule has 120 valence electrons. The van der Waals surface area contributed by atoms with Crippen molar-refractivity contribution in [3.8, 4) is 5.75 Å². The van der Waals surface area contributed by atoms with Crippen LogP contribution in [0.2, 0.25) is 0 Å². The Balaban J connectivity index is 1.81. The van der Waals surface area contributed by atoms with Crippen LogP contribution in [0, 0.1) is 0 Å². The van der Waals surface area contributed by atoms with Crippen LogP contribution in [0.25, 0.3) is 0 Å². The Hall–Kier alpha value is -2.24. The second-order valence-corrected chi connectivity index (χ2v) is 5.39. The summed E-state index contributed by atoms with van der Waals surface area (Å²) in [5, 5.41) is 13.7. The fourth-order valence-electron chi connectivity index (χ4n) is 2.47. The van der Waals surface area contributed by atoms with Crippen LogP contribution >= 0.6 is 0 Å². The van der Waals surface area contributed by atoms with Crippen molar-refractivity contribution < 1.29 is 19.4 Å². The molecule has 0 spiro atoms. The van der Waals surface area contributed by atoms with Crippen molar-refractivity contribution in [2.45, 2.75) is 44.8 Å². The lowest BCUT2D eigenvalue weighted by atomic mass is 10.2. The summed E-state index contributed by atoms with van der Waals surface area (Å²) in [5.74, 6) is -0.129. The molecule has 2 rings (SSSR count). The van der Waals surface area contributed by atoms with Crippen LogP contribution in [0.1, 0.15) is 37.7 Å². The second kappa shape index (κ2) is 8.26. The van der Waals surface area contributed by atoms with Gasteiger partial charge in [0.25, 0.3) is 0 Å². The molecule has 0 aromatic heterocycles. The predicted molar refractivity (Wildman–Crippen MR) is 81.8 cm³/mol. The maximum Gasteiger partial charge on any atom is 0.315 e. The van der Waals surface area contributed by atoms with Gasteiger partial charge in [-0.15, -0.1) is 0 Å². The molecule has 6 nitrogen and oxygen atoms in total. The Labute approximate surface area is 129 Å². The molecular formula is C16H22N2O4. The van der Waals surface area contributed by atoms with Gasteiger partial charge in [0.2, 0.25) is 0 Å². The third-order valence-electron chi connectivity index (χ3n) is 3.63. The maximum absolute atomic E-state index is 11.6. The second-order valence-electron chi connectivity index (χ2n) is 5.39. The van der Waals surface area contributed by atoms with Gasteiger partial charge in [-0.1, -0.05) is 18.2 Å². The first-order chi connectivity index (χ1) is 10.6. The van der Waals surface area contributed by atoms with Gasteiger partial charge < -0.3 is 20.5 Å². The highest BCUT2D eigenvalue weighted by atomic mass is 16.5. The van der Waals surface area contributed by atoms with E-state index in [0.29, 0.717) is 6.54 Å². The third-order valence-corrected chi connectivity index (χ3v) is 3.63. The summed E-state index contributed by atoms with van der Waals surface area (Å²) >= 11 is 0. The van der Waals surface area contributed by atoms with Gasteiger partial charge in [-0.05, 0) is 31.7 Å². The predicted octanol–water partition coefficient (Wildman–Crippen LogP) is 2.28. The van der Waals surface area contributed by atoms with E-state index in [0.717, 1.165) is 24.2 Å². The number of carboxylic acid groups (broad SMARTS) is 1. The number of benzene rings is 1. The van der Waals surface area contributed by atoms with Crippen LogP contribution in [-0.2, 0) is 11.3 Å². The van der Waals surface area contributed by atoms with Gasteiger partial charge in [-0.2, -0.15) is 0 Å². The number of carboxylic acids is 1. The third kappa shape index (κ3) is 5.27. The number of carbonyl (C=O) groups excluding carboxylic acids is 1. The Morgan fingerprint density at radius 1 is 1.18 bits per heavy atom. The molecule has 0 heterocycles. The first-order valence-electron chi connectivity index (χ1n) is 7.63. The Morgan fingerprint density at radius 2 is 1.91 bits per heavy atom. The number of para-hydroxylation sites is 1.